The molecule has 11 heteroatoms. The van der Waals surface area contributed by atoms with Crippen LogP contribution in [0, 0.1) is 18.6 Å². The van der Waals surface area contributed by atoms with Crippen LogP contribution >= 0.6 is 0 Å². The van der Waals surface area contributed by atoms with Gasteiger partial charge < -0.3 is 15.0 Å². The van der Waals surface area contributed by atoms with E-state index >= 15 is 0 Å². The molecule has 1 aliphatic heterocycles. The molecule has 0 spiro atoms. The van der Waals surface area contributed by atoms with E-state index in [1.54, 1.807) is 35.4 Å². The summed E-state index contributed by atoms with van der Waals surface area (Å²) in [5, 5.41) is 3.01. The summed E-state index contributed by atoms with van der Waals surface area (Å²) in [6.07, 6.45) is 2.81. The summed E-state index contributed by atoms with van der Waals surface area (Å²) >= 11 is 0. The van der Waals surface area contributed by atoms with E-state index in [1.807, 2.05) is 26.8 Å². The maximum absolute atomic E-state index is 15.0. The fourth-order valence-electron chi connectivity index (χ4n) is 4.57. The number of aryl methyl sites for hydroxylation is 1. The molecule has 0 fully saturated rings. The summed E-state index contributed by atoms with van der Waals surface area (Å²) in [7, 11) is 0. The molecule has 1 amide bonds. The van der Waals surface area contributed by atoms with E-state index in [0.29, 0.717) is 42.3 Å². The first kappa shape index (κ1) is 26.2. The van der Waals surface area contributed by atoms with E-state index in [-0.39, 0.29) is 28.9 Å². The molecule has 4 aromatic rings. The number of pyridine rings is 2. The third-order valence-electron chi connectivity index (χ3n) is 6.21. The van der Waals surface area contributed by atoms with E-state index in [9.17, 15) is 13.6 Å². The van der Waals surface area contributed by atoms with Crippen LogP contribution in [0.3, 0.4) is 0 Å². The zero-order valence-corrected chi connectivity index (χ0v) is 22.5. The molecule has 9 nitrogen and oxygen atoms in total. The summed E-state index contributed by atoms with van der Waals surface area (Å²) < 4.78 is 36.8. The van der Waals surface area contributed by atoms with Crippen LogP contribution in [0.2, 0.25) is 0 Å². The van der Waals surface area contributed by atoms with Gasteiger partial charge in [0.2, 0.25) is 5.95 Å². The number of hydrogen-bond acceptors (Lipinski definition) is 7. The van der Waals surface area contributed by atoms with E-state index in [2.05, 4.69) is 31.8 Å². The van der Waals surface area contributed by atoms with Crippen molar-refractivity contribution in [1.29, 1.82) is 0 Å². The highest BCUT2D eigenvalue weighted by atomic mass is 19.1. The fourth-order valence-corrected chi connectivity index (χ4v) is 4.57. The van der Waals surface area contributed by atoms with Crippen molar-refractivity contribution in [2.75, 3.05) is 11.9 Å². The van der Waals surface area contributed by atoms with Crippen LogP contribution in [0.1, 0.15) is 50.3 Å². The predicted octanol–water partition coefficient (Wildman–Crippen LogP) is 5.84. The van der Waals surface area contributed by atoms with Gasteiger partial charge in [0.15, 0.2) is 17.3 Å². The molecule has 0 aromatic carbocycles. The van der Waals surface area contributed by atoms with Gasteiger partial charge in [-0.3, -0.25) is 4.40 Å². The summed E-state index contributed by atoms with van der Waals surface area (Å²) in [6, 6.07) is 4.81. The van der Waals surface area contributed by atoms with Gasteiger partial charge >= 0.3 is 6.09 Å². The average molecular weight is 534 g/mol. The Morgan fingerprint density at radius 1 is 1.15 bits per heavy atom. The van der Waals surface area contributed by atoms with Gasteiger partial charge in [-0.1, -0.05) is 12.6 Å². The highest BCUT2D eigenvalue weighted by Crippen LogP contribution is 2.28. The SMILES string of the molecule is C=C(C)c1c(C)nc2c(F)cc(-c3nc(Nc4ccc5c(n4)CCN(C(=O)OC(C)(C)C)C5)ncc3F)cn12. The van der Waals surface area contributed by atoms with Gasteiger partial charge in [0.05, 0.1) is 24.1 Å². The number of carbonyl (C=O) groups excluding carboxylic acids is 1. The van der Waals surface area contributed by atoms with Crippen molar-refractivity contribution in [2.24, 2.45) is 0 Å². The van der Waals surface area contributed by atoms with Crippen LogP contribution in [0.15, 0.2) is 37.2 Å². The summed E-state index contributed by atoms with van der Waals surface area (Å²) in [6.45, 7) is 13.9. The van der Waals surface area contributed by atoms with Crippen molar-refractivity contribution in [2.45, 2.75) is 53.2 Å². The van der Waals surface area contributed by atoms with Gasteiger partial charge in [0.25, 0.3) is 0 Å². The van der Waals surface area contributed by atoms with Crippen molar-refractivity contribution < 1.29 is 18.3 Å². The molecule has 0 radical (unpaired) electrons. The number of nitrogens with zero attached hydrogens (tertiary/aromatic N) is 6. The van der Waals surface area contributed by atoms with Crippen LogP contribution in [0.25, 0.3) is 22.5 Å². The smallest absolute Gasteiger partial charge is 0.410 e. The molecule has 39 heavy (non-hydrogen) atoms. The molecule has 1 N–H and O–H groups in total. The molecule has 0 bridgehead atoms. The Morgan fingerprint density at radius 2 is 1.92 bits per heavy atom. The number of anilines is 2. The Labute approximate surface area is 224 Å². The first-order valence-corrected chi connectivity index (χ1v) is 12.5. The lowest BCUT2D eigenvalue weighted by molar-refractivity contribution is 0.0223. The first-order valence-electron chi connectivity index (χ1n) is 12.5. The Kier molecular flexibility index (Phi) is 6.53. The average Bonchev–Trinajstić information content (AvgIpc) is 3.20. The van der Waals surface area contributed by atoms with Crippen molar-refractivity contribution in [3.05, 3.63) is 71.5 Å². The standard InChI is InChI=1S/C28H29F2N7O2/c1-15(2)24-16(3)32-25-19(29)11-18(14-37(24)25)23-20(30)12-31-26(35-23)34-22-8-7-17-13-36(10-9-21(17)33-22)27(38)39-28(4,5)6/h7-8,11-12,14H,1,9-10,13H2,2-6H3,(H,31,33,34,35). The van der Waals surface area contributed by atoms with Crippen LogP contribution < -0.4 is 5.32 Å². The molecular formula is C28H29F2N7O2. The first-order chi connectivity index (χ1) is 18.4. The Hall–Kier alpha value is -4.41. The number of hydrogen-bond donors (Lipinski definition) is 1. The lowest BCUT2D eigenvalue weighted by Gasteiger charge is -2.30. The largest absolute Gasteiger partial charge is 0.444 e. The van der Waals surface area contributed by atoms with Gasteiger partial charge in [0.1, 0.15) is 17.1 Å². The Balaban J connectivity index is 1.40. The number of imidazole rings is 1. The zero-order chi connectivity index (χ0) is 28.1. The number of fused-ring (bicyclic) bond motifs is 2. The summed E-state index contributed by atoms with van der Waals surface area (Å²) in [4.78, 5) is 31.4. The quantitative estimate of drug-likeness (QED) is 0.352. The molecule has 5 heterocycles. The predicted molar refractivity (Wildman–Crippen MR) is 143 cm³/mol. The molecule has 0 saturated carbocycles. The molecule has 4 aromatic heterocycles. The van der Waals surface area contributed by atoms with Crippen LogP contribution in [0.5, 0.6) is 0 Å². The number of carbonyl (C=O) groups is 1. The highest BCUT2D eigenvalue weighted by molar-refractivity contribution is 5.70. The van der Waals surface area contributed by atoms with Gasteiger partial charge in [0, 0.05) is 30.4 Å². The number of nitrogens with one attached hydrogen (secondary N) is 1. The number of allylic oxidation sites excluding steroid dienone is 1. The van der Waals surface area contributed by atoms with Crippen molar-refractivity contribution in [3.8, 4) is 11.3 Å². The second-order valence-corrected chi connectivity index (χ2v) is 10.6. The third kappa shape index (κ3) is 5.29. The highest BCUT2D eigenvalue weighted by Gasteiger charge is 2.26. The minimum absolute atomic E-state index is 0.0710. The maximum Gasteiger partial charge on any atom is 0.410 e. The number of amides is 1. The summed E-state index contributed by atoms with van der Waals surface area (Å²) in [5.74, 6) is -0.734. The van der Waals surface area contributed by atoms with Gasteiger partial charge in [-0.05, 0) is 57.9 Å². The van der Waals surface area contributed by atoms with Gasteiger partial charge in [-0.25, -0.2) is 33.5 Å². The summed E-state index contributed by atoms with van der Waals surface area (Å²) in [5.41, 5.74) is 3.43. The second-order valence-electron chi connectivity index (χ2n) is 10.6. The molecule has 202 valence electrons. The Bertz CT molecular complexity index is 1620. The minimum Gasteiger partial charge on any atom is -0.444 e. The van der Waals surface area contributed by atoms with Crippen LogP contribution in [-0.2, 0) is 17.7 Å². The number of halogens is 2. The monoisotopic (exact) mass is 533 g/mol. The lowest BCUT2D eigenvalue weighted by Crippen LogP contribution is -2.40. The van der Waals surface area contributed by atoms with Crippen LogP contribution in [0.4, 0.5) is 25.3 Å². The van der Waals surface area contributed by atoms with Crippen molar-refractivity contribution >= 4 is 29.1 Å². The second kappa shape index (κ2) is 9.72. The normalized spacial score (nSPS) is 13.4. The zero-order valence-electron chi connectivity index (χ0n) is 22.5. The molecule has 0 atom stereocenters. The molecule has 0 saturated heterocycles. The van der Waals surface area contributed by atoms with E-state index in [4.69, 9.17) is 4.74 Å². The molecule has 5 rings (SSSR count). The number of ether oxygens (including phenoxy) is 1. The van der Waals surface area contributed by atoms with E-state index in [1.165, 1.54) is 6.07 Å². The minimum atomic E-state index is -0.700. The fraction of sp³-hybridized carbons (Fsp3) is 0.321. The molecule has 0 aliphatic carbocycles. The van der Waals surface area contributed by atoms with E-state index in [0.717, 1.165) is 17.5 Å². The molecular weight excluding hydrogens is 504 g/mol. The Morgan fingerprint density at radius 3 is 2.64 bits per heavy atom. The van der Waals surface area contributed by atoms with E-state index < -0.39 is 17.2 Å². The molecule has 1 aliphatic rings. The maximum atomic E-state index is 15.0. The molecule has 0 unspecified atom stereocenters. The third-order valence-corrected chi connectivity index (χ3v) is 6.21. The lowest BCUT2D eigenvalue weighted by atomic mass is 10.1. The number of rotatable bonds is 4. The topological polar surface area (TPSA) is 97.5 Å². The van der Waals surface area contributed by atoms with Crippen LogP contribution in [-0.4, -0.2) is 47.5 Å². The number of aromatic nitrogens is 5. The van der Waals surface area contributed by atoms with Crippen molar-refractivity contribution in [1.82, 2.24) is 29.2 Å². The van der Waals surface area contributed by atoms with Crippen molar-refractivity contribution in [3.63, 3.8) is 0 Å². The van der Waals surface area contributed by atoms with Gasteiger partial charge in [-0.2, -0.15) is 0 Å². The van der Waals surface area contributed by atoms with Gasteiger partial charge in [-0.15, -0.1) is 0 Å².